The van der Waals surface area contributed by atoms with Crippen LogP contribution in [0.15, 0.2) is 46.8 Å². The van der Waals surface area contributed by atoms with Gasteiger partial charge in [-0.05, 0) is 37.5 Å². The molecule has 5 nitrogen and oxygen atoms in total. The smallest absolute Gasteiger partial charge is 0.336 e. The predicted octanol–water partition coefficient (Wildman–Crippen LogP) is 2.84. The third kappa shape index (κ3) is 2.70. The normalized spacial score (nSPS) is 20.5. The average Bonchev–Trinajstić information content (AvgIpc) is 2.60. The van der Waals surface area contributed by atoms with E-state index >= 15 is 0 Å². The van der Waals surface area contributed by atoms with Crippen LogP contribution < -0.4 is 10.1 Å². The van der Waals surface area contributed by atoms with Crippen molar-refractivity contribution < 1.29 is 19.1 Å². The zero-order valence-electron chi connectivity index (χ0n) is 14.1. The Labute approximate surface area is 141 Å². The molecule has 0 amide bonds. The largest absolute Gasteiger partial charge is 0.497 e. The minimum atomic E-state index is -0.420. The summed E-state index contributed by atoms with van der Waals surface area (Å²) in [6.45, 7) is 1.85. The number of ketones is 1. The second-order valence-corrected chi connectivity index (χ2v) is 6.03. The summed E-state index contributed by atoms with van der Waals surface area (Å²) in [4.78, 5) is 25.0. The van der Waals surface area contributed by atoms with Gasteiger partial charge in [-0.1, -0.05) is 12.1 Å². The lowest BCUT2D eigenvalue weighted by molar-refractivity contribution is -0.136. The van der Waals surface area contributed by atoms with Crippen molar-refractivity contribution in [1.29, 1.82) is 0 Å². The van der Waals surface area contributed by atoms with Crippen LogP contribution >= 0.6 is 0 Å². The number of nitrogens with one attached hydrogen (secondary N) is 1. The van der Waals surface area contributed by atoms with Gasteiger partial charge in [-0.25, -0.2) is 4.79 Å². The molecular weight excluding hydrogens is 306 g/mol. The number of allylic oxidation sites excluding steroid dienone is 3. The van der Waals surface area contributed by atoms with Crippen molar-refractivity contribution in [3.05, 3.63) is 52.4 Å². The van der Waals surface area contributed by atoms with Crippen molar-refractivity contribution in [2.24, 2.45) is 0 Å². The van der Waals surface area contributed by atoms with Crippen LogP contribution in [-0.4, -0.2) is 26.0 Å². The Morgan fingerprint density at radius 2 is 2.04 bits per heavy atom. The monoisotopic (exact) mass is 327 g/mol. The van der Waals surface area contributed by atoms with E-state index in [1.807, 2.05) is 31.2 Å². The summed E-state index contributed by atoms with van der Waals surface area (Å²) in [7, 11) is 2.96. The number of esters is 1. The van der Waals surface area contributed by atoms with Gasteiger partial charge in [0.15, 0.2) is 5.78 Å². The highest BCUT2D eigenvalue weighted by Crippen LogP contribution is 2.42. The molecule has 0 spiro atoms. The first-order valence-electron chi connectivity index (χ1n) is 8.03. The summed E-state index contributed by atoms with van der Waals surface area (Å²) in [6, 6.07) is 7.50. The van der Waals surface area contributed by atoms with Crippen molar-refractivity contribution in [2.45, 2.75) is 32.1 Å². The van der Waals surface area contributed by atoms with Crippen molar-refractivity contribution in [3.63, 3.8) is 0 Å². The van der Waals surface area contributed by atoms with Crippen LogP contribution in [0.5, 0.6) is 5.75 Å². The second-order valence-electron chi connectivity index (χ2n) is 6.03. The van der Waals surface area contributed by atoms with E-state index in [1.165, 1.54) is 7.11 Å². The van der Waals surface area contributed by atoms with Gasteiger partial charge in [-0.3, -0.25) is 4.79 Å². The lowest BCUT2D eigenvalue weighted by Gasteiger charge is -2.34. The molecule has 24 heavy (non-hydrogen) atoms. The zero-order valence-corrected chi connectivity index (χ0v) is 14.1. The predicted molar refractivity (Wildman–Crippen MR) is 89.5 cm³/mol. The number of dihydropyridines is 1. The fourth-order valence-corrected chi connectivity index (χ4v) is 3.52. The maximum atomic E-state index is 12.6. The third-order valence-electron chi connectivity index (χ3n) is 4.61. The highest BCUT2D eigenvalue weighted by Gasteiger charge is 2.38. The Bertz CT molecular complexity index is 760. The van der Waals surface area contributed by atoms with Gasteiger partial charge >= 0.3 is 5.97 Å². The number of methoxy groups -OCH3 is 2. The summed E-state index contributed by atoms with van der Waals surface area (Å²) < 4.78 is 10.3. The van der Waals surface area contributed by atoms with Crippen LogP contribution in [0.4, 0.5) is 0 Å². The number of carbonyl (C=O) groups excluding carboxylic acids is 2. The number of hydrogen-bond donors (Lipinski definition) is 1. The summed E-state index contributed by atoms with van der Waals surface area (Å²) in [6.07, 6.45) is 2.15. The van der Waals surface area contributed by atoms with E-state index in [1.54, 1.807) is 7.11 Å². The quantitative estimate of drug-likeness (QED) is 0.865. The van der Waals surface area contributed by atoms with Crippen LogP contribution in [0.25, 0.3) is 0 Å². The molecule has 0 fully saturated rings. The summed E-state index contributed by atoms with van der Waals surface area (Å²) in [5.41, 5.74) is 3.69. The SMILES string of the molecule is COC(=O)C1=C(C)NC2=C(C(=O)CCC2)[C@H]1c1cccc(OC)c1. The fraction of sp³-hybridized carbons (Fsp3) is 0.368. The molecule has 0 bridgehead atoms. The van der Waals surface area contributed by atoms with Crippen molar-refractivity contribution >= 4 is 11.8 Å². The van der Waals surface area contributed by atoms with Crippen molar-refractivity contribution in [2.75, 3.05) is 14.2 Å². The molecule has 1 atom stereocenters. The summed E-state index contributed by atoms with van der Waals surface area (Å²) >= 11 is 0. The highest BCUT2D eigenvalue weighted by atomic mass is 16.5. The molecule has 0 saturated heterocycles. The minimum absolute atomic E-state index is 0.0884. The number of carbonyl (C=O) groups is 2. The molecule has 0 aromatic heterocycles. The topological polar surface area (TPSA) is 64.6 Å². The van der Waals surface area contributed by atoms with Crippen molar-refractivity contribution in [3.8, 4) is 5.75 Å². The van der Waals surface area contributed by atoms with Crippen LogP contribution in [0.1, 0.15) is 37.7 Å². The Morgan fingerprint density at radius 1 is 1.25 bits per heavy atom. The van der Waals surface area contributed by atoms with Gasteiger partial charge in [-0.15, -0.1) is 0 Å². The van der Waals surface area contributed by atoms with Crippen molar-refractivity contribution in [1.82, 2.24) is 5.32 Å². The number of benzene rings is 1. The first-order chi connectivity index (χ1) is 11.6. The molecule has 0 radical (unpaired) electrons. The van der Waals surface area contributed by atoms with Crippen LogP contribution in [0.3, 0.4) is 0 Å². The fourth-order valence-electron chi connectivity index (χ4n) is 3.52. The van der Waals surface area contributed by atoms with E-state index in [-0.39, 0.29) is 5.78 Å². The summed E-state index contributed by atoms with van der Waals surface area (Å²) in [5.74, 6) is -0.0573. The molecule has 0 unspecified atom stereocenters. The first kappa shape index (κ1) is 16.3. The van der Waals surface area contributed by atoms with Gasteiger partial charge in [0, 0.05) is 29.3 Å². The Morgan fingerprint density at radius 3 is 2.75 bits per heavy atom. The van der Waals surface area contributed by atoms with Crippen LogP contribution in [0, 0.1) is 0 Å². The maximum absolute atomic E-state index is 12.6. The Kier molecular flexibility index (Phi) is 4.42. The third-order valence-corrected chi connectivity index (χ3v) is 4.61. The lowest BCUT2D eigenvalue weighted by Crippen LogP contribution is -2.34. The maximum Gasteiger partial charge on any atom is 0.336 e. The number of ether oxygens (including phenoxy) is 2. The second kappa shape index (κ2) is 6.51. The molecule has 1 aromatic carbocycles. The van der Waals surface area contributed by atoms with E-state index in [0.29, 0.717) is 23.3 Å². The molecule has 126 valence electrons. The summed E-state index contributed by atoms with van der Waals surface area (Å²) in [5, 5.41) is 3.25. The van der Waals surface area contributed by atoms with Crippen LogP contribution in [0.2, 0.25) is 0 Å². The Balaban J connectivity index is 2.19. The molecule has 3 rings (SSSR count). The molecule has 1 heterocycles. The van der Waals surface area contributed by atoms with Gasteiger partial charge < -0.3 is 14.8 Å². The Hall–Kier alpha value is -2.56. The average molecular weight is 327 g/mol. The number of hydrogen-bond acceptors (Lipinski definition) is 5. The minimum Gasteiger partial charge on any atom is -0.497 e. The zero-order chi connectivity index (χ0) is 17.3. The van der Waals surface area contributed by atoms with E-state index in [4.69, 9.17) is 9.47 Å². The van der Waals surface area contributed by atoms with Gasteiger partial charge in [0.2, 0.25) is 0 Å². The van der Waals surface area contributed by atoms with E-state index in [9.17, 15) is 9.59 Å². The van der Waals surface area contributed by atoms with E-state index in [2.05, 4.69) is 5.32 Å². The van der Waals surface area contributed by atoms with Gasteiger partial charge in [-0.2, -0.15) is 0 Å². The standard InChI is InChI=1S/C19H21NO4/c1-11-16(19(22)24-3)17(12-6-4-7-13(10-12)23-2)18-14(20-11)8-5-9-15(18)21/h4,6-7,10,17,20H,5,8-9H2,1-3H3/t17-/m0/s1. The van der Waals surface area contributed by atoms with E-state index in [0.717, 1.165) is 29.8 Å². The van der Waals surface area contributed by atoms with E-state index < -0.39 is 11.9 Å². The lowest BCUT2D eigenvalue weighted by atomic mass is 9.75. The first-order valence-corrected chi connectivity index (χ1v) is 8.03. The van der Waals surface area contributed by atoms with Crippen LogP contribution in [-0.2, 0) is 14.3 Å². The number of rotatable bonds is 3. The number of Topliss-reactive ketones (excluding diaryl/α,β-unsaturated/α-hetero) is 1. The molecule has 5 heteroatoms. The molecule has 1 N–H and O–H groups in total. The molecule has 2 aliphatic rings. The molecule has 0 saturated carbocycles. The molecule has 1 aliphatic carbocycles. The molecule has 1 aromatic rings. The van der Waals surface area contributed by atoms with Gasteiger partial charge in [0.1, 0.15) is 5.75 Å². The molecular formula is C19H21NO4. The highest BCUT2D eigenvalue weighted by molar-refractivity contribution is 6.03. The molecule has 1 aliphatic heterocycles. The van der Waals surface area contributed by atoms with Gasteiger partial charge in [0.25, 0.3) is 0 Å². The van der Waals surface area contributed by atoms with Gasteiger partial charge in [0.05, 0.1) is 19.8 Å².